The van der Waals surface area contributed by atoms with Gasteiger partial charge in [0.25, 0.3) is 0 Å². The van der Waals surface area contributed by atoms with E-state index in [1.165, 1.54) is 11.1 Å². The molecule has 1 aromatic heterocycles. The third-order valence-corrected chi connectivity index (χ3v) is 6.39. The first-order valence-corrected chi connectivity index (χ1v) is 9.36. The van der Waals surface area contributed by atoms with Crippen molar-refractivity contribution in [3.05, 3.63) is 40.2 Å². The fourth-order valence-corrected chi connectivity index (χ4v) is 4.80. The molecule has 3 aliphatic rings. The maximum absolute atomic E-state index is 12.5. The van der Waals surface area contributed by atoms with Gasteiger partial charge >= 0.3 is 0 Å². The lowest BCUT2D eigenvalue weighted by molar-refractivity contribution is -0.119. The summed E-state index contributed by atoms with van der Waals surface area (Å²) in [7, 11) is 1.89. The van der Waals surface area contributed by atoms with E-state index in [4.69, 9.17) is 4.98 Å². The van der Waals surface area contributed by atoms with Gasteiger partial charge in [-0.05, 0) is 49.1 Å². The molecule has 1 aliphatic carbocycles. The van der Waals surface area contributed by atoms with Gasteiger partial charge in [0, 0.05) is 30.2 Å². The fraction of sp³-hybridized carbons (Fsp3) is 0.368. The van der Waals surface area contributed by atoms with E-state index >= 15 is 0 Å². The lowest BCUT2D eigenvalue weighted by Crippen LogP contribution is -2.27. The second-order valence-electron chi connectivity index (χ2n) is 6.90. The number of benzene rings is 1. The molecule has 2 aliphatic heterocycles. The number of carbonyl (C=O) groups is 1. The highest BCUT2D eigenvalue weighted by atomic mass is 32.1. The predicted octanol–water partition coefficient (Wildman–Crippen LogP) is 3.19. The molecule has 1 amide bonds. The topological polar surface area (TPSA) is 45.2 Å². The largest absolute Gasteiger partial charge is 0.314 e. The molecule has 2 aromatic rings. The van der Waals surface area contributed by atoms with Gasteiger partial charge in [-0.2, -0.15) is 0 Å². The summed E-state index contributed by atoms with van der Waals surface area (Å²) in [5, 5.41) is 6.60. The number of nitrogens with one attached hydrogen (secondary N) is 1. The van der Waals surface area contributed by atoms with Crippen molar-refractivity contribution in [2.24, 2.45) is 0 Å². The summed E-state index contributed by atoms with van der Waals surface area (Å²) >= 11 is 1.72. The van der Waals surface area contributed by atoms with E-state index < -0.39 is 0 Å². The zero-order valence-electron chi connectivity index (χ0n) is 13.6. The Labute approximate surface area is 145 Å². The number of fused-ring (bicyclic) bond motifs is 2. The second kappa shape index (κ2) is 5.01. The van der Waals surface area contributed by atoms with Crippen LogP contribution in [-0.4, -0.2) is 31.0 Å². The van der Waals surface area contributed by atoms with Crippen molar-refractivity contribution < 1.29 is 4.79 Å². The van der Waals surface area contributed by atoms with Crippen molar-refractivity contribution in [2.45, 2.75) is 24.7 Å². The monoisotopic (exact) mass is 337 g/mol. The summed E-state index contributed by atoms with van der Waals surface area (Å²) in [6.45, 7) is 1.95. The van der Waals surface area contributed by atoms with Crippen LogP contribution in [0.1, 0.15) is 29.8 Å². The summed E-state index contributed by atoms with van der Waals surface area (Å²) in [5.41, 5.74) is 5.53. The zero-order valence-corrected chi connectivity index (χ0v) is 14.4. The Bertz CT molecular complexity index is 878. The first-order valence-electron chi connectivity index (χ1n) is 8.48. The minimum Gasteiger partial charge on any atom is -0.314 e. The van der Waals surface area contributed by atoms with Crippen molar-refractivity contribution in [3.8, 4) is 11.3 Å². The van der Waals surface area contributed by atoms with Crippen LogP contribution < -0.4 is 10.2 Å². The number of hydrogen-bond donors (Lipinski definition) is 1. The second-order valence-corrected chi connectivity index (χ2v) is 7.76. The molecule has 1 aromatic carbocycles. The Morgan fingerprint density at radius 1 is 1.33 bits per heavy atom. The molecule has 1 spiro atoms. The van der Waals surface area contributed by atoms with Crippen molar-refractivity contribution in [1.82, 2.24) is 10.3 Å². The number of aromatic nitrogens is 1. The number of thiazole rings is 1. The number of hydrogen-bond acceptors (Lipinski definition) is 4. The van der Waals surface area contributed by atoms with Crippen LogP contribution >= 0.6 is 11.3 Å². The minimum atomic E-state index is -0.226. The van der Waals surface area contributed by atoms with Gasteiger partial charge in [0.05, 0.1) is 11.1 Å². The van der Waals surface area contributed by atoms with Gasteiger partial charge in [0.15, 0.2) is 0 Å². The quantitative estimate of drug-likeness (QED) is 0.915. The predicted molar refractivity (Wildman–Crippen MR) is 97.3 cm³/mol. The highest BCUT2D eigenvalue weighted by Crippen LogP contribution is 2.57. The van der Waals surface area contributed by atoms with Gasteiger partial charge in [-0.25, -0.2) is 4.98 Å². The smallest absolute Gasteiger partial charge is 0.237 e. The number of anilines is 1. The van der Waals surface area contributed by atoms with E-state index in [0.29, 0.717) is 0 Å². The third kappa shape index (κ3) is 1.95. The van der Waals surface area contributed by atoms with E-state index in [9.17, 15) is 4.79 Å². The molecule has 122 valence electrons. The molecule has 24 heavy (non-hydrogen) atoms. The summed E-state index contributed by atoms with van der Waals surface area (Å²) in [5.74, 6) is 0.258. The molecule has 0 atom stereocenters. The van der Waals surface area contributed by atoms with Gasteiger partial charge in [0.1, 0.15) is 5.01 Å². The lowest BCUT2D eigenvalue weighted by atomic mass is 9.95. The molecule has 0 radical (unpaired) electrons. The van der Waals surface area contributed by atoms with Crippen LogP contribution in [0, 0.1) is 0 Å². The normalized spacial score (nSPS) is 21.1. The molecule has 0 bridgehead atoms. The van der Waals surface area contributed by atoms with E-state index in [0.717, 1.165) is 54.3 Å². The van der Waals surface area contributed by atoms with Crippen LogP contribution in [0.15, 0.2) is 29.7 Å². The highest BCUT2D eigenvalue weighted by Gasteiger charge is 2.58. The molecule has 1 fully saturated rings. The SMILES string of the molecule is CN1C(=O)C2(CC2)c2cc(-c3csc(C4=CCNCC4)n3)ccc21. The van der Waals surface area contributed by atoms with Gasteiger partial charge in [0.2, 0.25) is 5.91 Å². The Morgan fingerprint density at radius 3 is 2.96 bits per heavy atom. The summed E-state index contributed by atoms with van der Waals surface area (Å²) in [4.78, 5) is 19.2. The maximum Gasteiger partial charge on any atom is 0.237 e. The molecule has 0 unspecified atom stereocenters. The first-order chi connectivity index (χ1) is 11.7. The molecular weight excluding hydrogens is 318 g/mol. The Morgan fingerprint density at radius 2 is 2.21 bits per heavy atom. The van der Waals surface area contributed by atoms with Crippen molar-refractivity contribution >= 4 is 28.5 Å². The Kier molecular flexibility index (Phi) is 3.00. The van der Waals surface area contributed by atoms with Crippen molar-refractivity contribution in [3.63, 3.8) is 0 Å². The minimum absolute atomic E-state index is 0.226. The molecule has 1 saturated carbocycles. The van der Waals surface area contributed by atoms with Crippen LogP contribution in [-0.2, 0) is 10.2 Å². The number of rotatable bonds is 2. The lowest BCUT2D eigenvalue weighted by Gasteiger charge is -2.11. The molecule has 5 rings (SSSR count). The molecule has 4 nitrogen and oxygen atoms in total. The van der Waals surface area contributed by atoms with E-state index in [1.54, 1.807) is 11.3 Å². The average Bonchev–Trinajstić information content (AvgIpc) is 3.24. The third-order valence-electron chi connectivity index (χ3n) is 5.48. The first kappa shape index (κ1) is 14.4. The van der Waals surface area contributed by atoms with Crippen LogP contribution in [0.2, 0.25) is 0 Å². The maximum atomic E-state index is 12.5. The van der Waals surface area contributed by atoms with E-state index in [-0.39, 0.29) is 11.3 Å². The van der Waals surface area contributed by atoms with Crippen LogP contribution in [0.4, 0.5) is 5.69 Å². The number of carbonyl (C=O) groups excluding carboxylic acids is 1. The fourth-order valence-electron chi connectivity index (χ4n) is 3.90. The van der Waals surface area contributed by atoms with E-state index in [1.807, 2.05) is 11.9 Å². The summed E-state index contributed by atoms with van der Waals surface area (Å²) in [6.07, 6.45) is 5.24. The Hall–Kier alpha value is -1.98. The molecule has 3 heterocycles. The van der Waals surface area contributed by atoms with Gasteiger partial charge in [-0.15, -0.1) is 11.3 Å². The summed E-state index contributed by atoms with van der Waals surface area (Å²) < 4.78 is 0. The molecule has 5 heteroatoms. The molecule has 0 saturated heterocycles. The zero-order chi connectivity index (χ0) is 16.3. The van der Waals surface area contributed by atoms with Crippen LogP contribution in [0.3, 0.4) is 0 Å². The van der Waals surface area contributed by atoms with Gasteiger partial charge in [-0.3, -0.25) is 4.79 Å². The number of amides is 1. The molecule has 1 N–H and O–H groups in total. The van der Waals surface area contributed by atoms with Gasteiger partial charge in [-0.1, -0.05) is 12.1 Å². The number of nitrogens with zero attached hydrogens (tertiary/aromatic N) is 2. The highest BCUT2D eigenvalue weighted by molar-refractivity contribution is 7.11. The average molecular weight is 337 g/mol. The Balaban J connectivity index is 1.53. The molecular formula is C19H19N3OS. The van der Waals surface area contributed by atoms with Crippen LogP contribution in [0.25, 0.3) is 16.8 Å². The number of likely N-dealkylation sites (N-methyl/N-ethyl adjacent to an activating group) is 1. The summed E-state index contributed by atoms with van der Waals surface area (Å²) in [6, 6.07) is 6.37. The van der Waals surface area contributed by atoms with Gasteiger partial charge < -0.3 is 10.2 Å². The van der Waals surface area contributed by atoms with Crippen LogP contribution in [0.5, 0.6) is 0 Å². The standard InChI is InChI=1S/C19H19N3OS/c1-22-16-3-2-13(10-14(16)19(6-7-19)18(22)23)15-11-24-17(21-15)12-4-8-20-9-5-12/h2-4,10-11,20H,5-9H2,1H3. The van der Waals surface area contributed by atoms with Crippen molar-refractivity contribution in [2.75, 3.05) is 25.0 Å². The van der Waals surface area contributed by atoms with Crippen molar-refractivity contribution in [1.29, 1.82) is 0 Å². The van der Waals surface area contributed by atoms with E-state index in [2.05, 4.69) is 35.0 Å².